The van der Waals surface area contributed by atoms with Crippen molar-refractivity contribution in [1.29, 1.82) is 0 Å². The van der Waals surface area contributed by atoms with Crippen LogP contribution in [0, 0.1) is 0 Å². The van der Waals surface area contributed by atoms with Gasteiger partial charge in [0.15, 0.2) is 11.5 Å². The number of amides is 2. The topological polar surface area (TPSA) is 105 Å². The summed E-state index contributed by atoms with van der Waals surface area (Å²) < 4.78 is 37.4. The molecule has 1 fully saturated rings. The zero-order chi connectivity index (χ0) is 28.2. The third kappa shape index (κ3) is 7.10. The first-order valence-corrected chi connectivity index (χ1v) is 15.6. The molecule has 0 radical (unpaired) electrons. The maximum atomic E-state index is 13.9. The number of sulfonamides is 1. The number of hydrogen-bond donors (Lipinski definition) is 1. The average molecular weight is 599 g/mol. The van der Waals surface area contributed by atoms with Crippen molar-refractivity contribution in [2.75, 3.05) is 23.9 Å². The van der Waals surface area contributed by atoms with Crippen molar-refractivity contribution in [3.8, 4) is 11.5 Å². The second kappa shape index (κ2) is 12.7. The molecular weight excluding hydrogens is 565 g/mol. The van der Waals surface area contributed by atoms with Gasteiger partial charge in [-0.15, -0.1) is 0 Å². The molecule has 2 aliphatic rings. The fourth-order valence-corrected chi connectivity index (χ4v) is 6.33. The van der Waals surface area contributed by atoms with Crippen LogP contribution in [-0.2, 0) is 26.2 Å². The summed E-state index contributed by atoms with van der Waals surface area (Å²) in [4.78, 5) is 28.8. The van der Waals surface area contributed by atoms with Crippen molar-refractivity contribution < 1.29 is 27.5 Å². The van der Waals surface area contributed by atoms with E-state index >= 15 is 0 Å². The summed E-state index contributed by atoms with van der Waals surface area (Å²) in [5.41, 5.74) is 0.720. The fourth-order valence-electron chi connectivity index (χ4n) is 4.97. The minimum Gasteiger partial charge on any atom is -0.454 e. The highest BCUT2D eigenvalue weighted by Crippen LogP contribution is 2.36. The minimum absolute atomic E-state index is 0.0250. The SMILES string of the molecule is CCC(C(=O)NC1CCCCC1)N(Cc1c(Cl)cccc1Cl)C(=O)CN(c1ccc2c(c1)OCO2)S(C)(=O)=O. The van der Waals surface area contributed by atoms with Gasteiger partial charge in [0.2, 0.25) is 28.6 Å². The largest absolute Gasteiger partial charge is 0.454 e. The van der Waals surface area contributed by atoms with Gasteiger partial charge < -0.3 is 19.7 Å². The van der Waals surface area contributed by atoms with E-state index in [2.05, 4.69) is 5.32 Å². The molecule has 2 aromatic carbocycles. The normalized spacial score (nSPS) is 16.0. The summed E-state index contributed by atoms with van der Waals surface area (Å²) in [5.74, 6) is 0.0141. The number of ether oxygens (including phenoxy) is 2. The van der Waals surface area contributed by atoms with Gasteiger partial charge in [-0.1, -0.05) is 55.5 Å². The van der Waals surface area contributed by atoms with E-state index in [9.17, 15) is 18.0 Å². The summed E-state index contributed by atoms with van der Waals surface area (Å²) >= 11 is 12.9. The highest BCUT2D eigenvalue weighted by molar-refractivity contribution is 7.92. The number of hydrogen-bond acceptors (Lipinski definition) is 6. The van der Waals surface area contributed by atoms with Crippen LogP contribution in [0.1, 0.15) is 51.0 Å². The predicted molar refractivity (Wildman–Crippen MR) is 151 cm³/mol. The molecule has 39 heavy (non-hydrogen) atoms. The van der Waals surface area contributed by atoms with Crippen LogP contribution in [0.4, 0.5) is 5.69 Å². The van der Waals surface area contributed by atoms with Crippen molar-refractivity contribution in [3.05, 3.63) is 52.0 Å². The lowest BCUT2D eigenvalue weighted by molar-refractivity contribution is -0.140. The second-order valence-corrected chi connectivity index (χ2v) is 12.5. The molecule has 0 saturated heterocycles. The Morgan fingerprint density at radius 2 is 1.72 bits per heavy atom. The van der Waals surface area contributed by atoms with Gasteiger partial charge in [0, 0.05) is 34.3 Å². The van der Waals surface area contributed by atoms with Gasteiger partial charge in [-0.3, -0.25) is 13.9 Å². The Morgan fingerprint density at radius 1 is 1.05 bits per heavy atom. The van der Waals surface area contributed by atoms with E-state index in [1.165, 1.54) is 11.0 Å². The zero-order valence-corrected chi connectivity index (χ0v) is 24.3. The summed E-state index contributed by atoms with van der Waals surface area (Å²) in [7, 11) is -3.89. The van der Waals surface area contributed by atoms with Crippen LogP contribution in [0.25, 0.3) is 0 Å². The quantitative estimate of drug-likeness (QED) is 0.424. The summed E-state index contributed by atoms with van der Waals surface area (Å²) in [6.45, 7) is 1.24. The minimum atomic E-state index is -3.89. The summed E-state index contributed by atoms with van der Waals surface area (Å²) in [6.07, 6.45) is 6.33. The number of rotatable bonds is 10. The number of fused-ring (bicyclic) bond motifs is 1. The van der Waals surface area contributed by atoms with E-state index in [1.807, 2.05) is 6.92 Å². The highest BCUT2D eigenvalue weighted by Gasteiger charge is 2.34. The lowest BCUT2D eigenvalue weighted by Gasteiger charge is -2.34. The van der Waals surface area contributed by atoms with Gasteiger partial charge in [-0.25, -0.2) is 8.42 Å². The number of nitrogens with zero attached hydrogens (tertiary/aromatic N) is 2. The molecule has 1 unspecified atom stereocenters. The van der Waals surface area contributed by atoms with Gasteiger partial charge in [0.1, 0.15) is 12.6 Å². The van der Waals surface area contributed by atoms with Gasteiger partial charge in [-0.2, -0.15) is 0 Å². The molecule has 12 heteroatoms. The van der Waals surface area contributed by atoms with E-state index < -0.39 is 28.5 Å². The predicted octanol–water partition coefficient (Wildman–Crippen LogP) is 4.74. The standard InChI is InChI=1S/C27H33Cl2N3O6S/c1-3-23(27(34)30-18-8-5-4-6-9-18)31(15-20-21(28)10-7-11-22(20)29)26(33)16-32(39(2,35)36)19-12-13-24-25(14-19)38-17-37-24/h7,10-14,18,23H,3-6,8-9,15-17H2,1-2H3,(H,30,34). The van der Waals surface area contributed by atoms with E-state index in [-0.39, 0.29) is 31.0 Å². The Hall–Kier alpha value is -2.69. The van der Waals surface area contributed by atoms with Crippen molar-refractivity contribution in [2.45, 2.75) is 64.1 Å². The summed E-state index contributed by atoms with van der Waals surface area (Å²) in [5, 5.41) is 3.79. The van der Waals surface area contributed by atoms with Gasteiger partial charge in [0.25, 0.3) is 0 Å². The molecule has 0 aromatic heterocycles. The van der Waals surface area contributed by atoms with Crippen LogP contribution in [0.15, 0.2) is 36.4 Å². The molecule has 212 valence electrons. The van der Waals surface area contributed by atoms with E-state index in [0.717, 1.165) is 42.7 Å². The number of anilines is 1. The third-order valence-corrected chi connectivity index (χ3v) is 8.90. The molecule has 0 bridgehead atoms. The number of halogens is 2. The zero-order valence-electron chi connectivity index (χ0n) is 22.0. The van der Waals surface area contributed by atoms with Crippen molar-refractivity contribution in [2.24, 2.45) is 0 Å². The van der Waals surface area contributed by atoms with Crippen LogP contribution >= 0.6 is 23.2 Å². The van der Waals surface area contributed by atoms with Crippen molar-refractivity contribution in [1.82, 2.24) is 10.2 Å². The molecule has 0 spiro atoms. The number of benzene rings is 2. The van der Waals surface area contributed by atoms with Crippen LogP contribution < -0.4 is 19.1 Å². The molecule has 4 rings (SSSR count). The molecule has 1 aliphatic heterocycles. The molecule has 1 atom stereocenters. The van der Waals surface area contributed by atoms with Crippen molar-refractivity contribution >= 4 is 50.7 Å². The molecule has 1 heterocycles. The van der Waals surface area contributed by atoms with E-state index in [1.54, 1.807) is 30.3 Å². The smallest absolute Gasteiger partial charge is 0.244 e. The van der Waals surface area contributed by atoms with Crippen LogP contribution in [0.5, 0.6) is 11.5 Å². The number of carbonyl (C=O) groups is 2. The Kier molecular flexibility index (Phi) is 9.51. The van der Waals surface area contributed by atoms with Crippen LogP contribution in [-0.4, -0.2) is 56.8 Å². The molecule has 1 saturated carbocycles. The lowest BCUT2D eigenvalue weighted by atomic mass is 9.95. The first kappa shape index (κ1) is 29.3. The van der Waals surface area contributed by atoms with E-state index in [0.29, 0.717) is 33.5 Å². The molecule has 1 N–H and O–H groups in total. The molecular formula is C27H33Cl2N3O6S. The Balaban J connectivity index is 1.65. The number of nitrogens with one attached hydrogen (secondary N) is 1. The molecule has 9 nitrogen and oxygen atoms in total. The van der Waals surface area contributed by atoms with Gasteiger partial charge in [0.05, 0.1) is 11.9 Å². The maximum absolute atomic E-state index is 13.9. The maximum Gasteiger partial charge on any atom is 0.244 e. The molecule has 2 amide bonds. The third-order valence-electron chi connectivity index (χ3n) is 7.05. The molecule has 2 aromatic rings. The first-order chi connectivity index (χ1) is 18.6. The first-order valence-electron chi connectivity index (χ1n) is 13.0. The van der Waals surface area contributed by atoms with Crippen molar-refractivity contribution in [3.63, 3.8) is 0 Å². The molecule has 1 aliphatic carbocycles. The Bertz CT molecular complexity index is 1300. The van der Waals surface area contributed by atoms with E-state index in [4.69, 9.17) is 32.7 Å². The van der Waals surface area contributed by atoms with Crippen LogP contribution in [0.3, 0.4) is 0 Å². The second-order valence-electron chi connectivity index (χ2n) is 9.80. The lowest BCUT2D eigenvalue weighted by Crippen LogP contribution is -2.54. The van der Waals surface area contributed by atoms with Gasteiger partial charge >= 0.3 is 0 Å². The van der Waals surface area contributed by atoms with Gasteiger partial charge in [-0.05, 0) is 43.5 Å². The number of carbonyl (C=O) groups excluding carboxylic acids is 2. The summed E-state index contributed by atoms with van der Waals surface area (Å²) in [6, 6.07) is 8.84. The van der Waals surface area contributed by atoms with Crippen LogP contribution in [0.2, 0.25) is 10.0 Å². The highest BCUT2D eigenvalue weighted by atomic mass is 35.5. The Labute approximate surface area is 239 Å². The fraction of sp³-hybridized carbons (Fsp3) is 0.481. The average Bonchev–Trinajstić information content (AvgIpc) is 3.36. The Morgan fingerprint density at radius 3 is 2.36 bits per heavy atom. The monoisotopic (exact) mass is 597 g/mol.